The van der Waals surface area contributed by atoms with E-state index in [4.69, 9.17) is 5.26 Å². The SMILES string of the molecule is Cc1ccc(SCCC(C)(C)C#N)cc1C. The second kappa shape index (κ2) is 5.41. The van der Waals surface area contributed by atoms with E-state index < -0.39 is 0 Å². The van der Waals surface area contributed by atoms with Crippen molar-refractivity contribution in [1.29, 1.82) is 5.26 Å². The monoisotopic (exact) mass is 233 g/mol. The van der Waals surface area contributed by atoms with E-state index in [-0.39, 0.29) is 5.41 Å². The first-order valence-electron chi connectivity index (χ1n) is 5.56. The first kappa shape index (κ1) is 13.1. The Balaban J connectivity index is 2.50. The Morgan fingerprint density at radius 1 is 1.25 bits per heavy atom. The van der Waals surface area contributed by atoms with Gasteiger partial charge in [0.05, 0.1) is 11.5 Å². The van der Waals surface area contributed by atoms with Crippen molar-refractivity contribution in [2.45, 2.75) is 39.0 Å². The van der Waals surface area contributed by atoms with Gasteiger partial charge in [-0.25, -0.2) is 0 Å². The van der Waals surface area contributed by atoms with Crippen LogP contribution in [0.3, 0.4) is 0 Å². The third-order valence-electron chi connectivity index (χ3n) is 2.78. The molecule has 0 saturated carbocycles. The van der Waals surface area contributed by atoms with Gasteiger partial charge >= 0.3 is 0 Å². The van der Waals surface area contributed by atoms with Crippen molar-refractivity contribution in [3.05, 3.63) is 29.3 Å². The highest BCUT2D eigenvalue weighted by atomic mass is 32.2. The summed E-state index contributed by atoms with van der Waals surface area (Å²) in [5.74, 6) is 1.00. The zero-order valence-electron chi connectivity index (χ0n) is 10.5. The Labute approximate surface area is 103 Å². The molecule has 2 heteroatoms. The summed E-state index contributed by atoms with van der Waals surface area (Å²) in [7, 11) is 0. The summed E-state index contributed by atoms with van der Waals surface area (Å²) in [6.07, 6.45) is 0.932. The van der Waals surface area contributed by atoms with Crippen molar-refractivity contribution in [2.75, 3.05) is 5.75 Å². The maximum atomic E-state index is 8.91. The number of rotatable bonds is 4. The van der Waals surface area contributed by atoms with Crippen molar-refractivity contribution >= 4 is 11.8 Å². The van der Waals surface area contributed by atoms with Crippen LogP contribution in [0.1, 0.15) is 31.4 Å². The Morgan fingerprint density at radius 2 is 1.94 bits per heavy atom. The zero-order chi connectivity index (χ0) is 12.2. The molecule has 1 nitrogen and oxygen atoms in total. The average molecular weight is 233 g/mol. The van der Waals surface area contributed by atoms with Gasteiger partial charge in [-0.3, -0.25) is 0 Å². The van der Waals surface area contributed by atoms with Crippen LogP contribution in [-0.2, 0) is 0 Å². The van der Waals surface area contributed by atoms with Gasteiger partial charge in [0.25, 0.3) is 0 Å². The molecule has 0 saturated heterocycles. The highest BCUT2D eigenvalue weighted by Crippen LogP contribution is 2.26. The Morgan fingerprint density at radius 3 is 2.50 bits per heavy atom. The van der Waals surface area contributed by atoms with E-state index in [1.54, 1.807) is 0 Å². The molecular formula is C14H19NS. The molecule has 0 aliphatic rings. The first-order chi connectivity index (χ1) is 7.44. The molecule has 86 valence electrons. The number of aryl methyl sites for hydroxylation is 2. The van der Waals surface area contributed by atoms with Crippen LogP contribution in [0.15, 0.2) is 23.1 Å². The topological polar surface area (TPSA) is 23.8 Å². The first-order valence-corrected chi connectivity index (χ1v) is 6.54. The molecule has 0 fully saturated rings. The summed E-state index contributed by atoms with van der Waals surface area (Å²) in [5, 5.41) is 8.91. The van der Waals surface area contributed by atoms with E-state index in [1.807, 2.05) is 25.6 Å². The highest BCUT2D eigenvalue weighted by Gasteiger charge is 2.15. The minimum absolute atomic E-state index is 0.202. The fraction of sp³-hybridized carbons (Fsp3) is 0.500. The van der Waals surface area contributed by atoms with Crippen LogP contribution in [0.2, 0.25) is 0 Å². The van der Waals surface area contributed by atoms with E-state index in [2.05, 4.69) is 38.1 Å². The normalized spacial score (nSPS) is 11.2. The summed E-state index contributed by atoms with van der Waals surface area (Å²) in [5.41, 5.74) is 2.47. The number of benzene rings is 1. The summed E-state index contributed by atoms with van der Waals surface area (Å²) < 4.78 is 0. The van der Waals surface area contributed by atoms with E-state index in [9.17, 15) is 0 Å². The Kier molecular flexibility index (Phi) is 4.44. The lowest BCUT2D eigenvalue weighted by Gasteiger charge is -2.14. The lowest BCUT2D eigenvalue weighted by atomic mass is 9.93. The molecular weight excluding hydrogens is 214 g/mol. The summed E-state index contributed by atoms with van der Waals surface area (Å²) in [6.45, 7) is 8.25. The predicted molar refractivity (Wildman–Crippen MR) is 70.7 cm³/mol. The van der Waals surface area contributed by atoms with E-state index in [0.717, 1.165) is 12.2 Å². The molecule has 0 aliphatic carbocycles. The maximum absolute atomic E-state index is 8.91. The second-order valence-electron chi connectivity index (χ2n) is 4.84. The number of nitrogens with zero attached hydrogens (tertiary/aromatic N) is 1. The van der Waals surface area contributed by atoms with Crippen LogP contribution in [0.25, 0.3) is 0 Å². The second-order valence-corrected chi connectivity index (χ2v) is 6.01. The van der Waals surface area contributed by atoms with E-state index in [1.165, 1.54) is 16.0 Å². The molecule has 0 aromatic heterocycles. The van der Waals surface area contributed by atoms with Crippen LogP contribution in [0, 0.1) is 30.6 Å². The smallest absolute Gasteiger partial charge is 0.0684 e. The van der Waals surface area contributed by atoms with Crippen molar-refractivity contribution < 1.29 is 0 Å². The third-order valence-corrected chi connectivity index (χ3v) is 3.77. The quantitative estimate of drug-likeness (QED) is 0.722. The van der Waals surface area contributed by atoms with E-state index >= 15 is 0 Å². The molecule has 0 bridgehead atoms. The standard InChI is InChI=1S/C14H19NS/c1-11-5-6-13(9-12(11)2)16-8-7-14(3,4)10-15/h5-6,9H,7-8H2,1-4H3. The minimum Gasteiger partial charge on any atom is -0.198 e. The number of thioether (sulfide) groups is 1. The lowest BCUT2D eigenvalue weighted by Crippen LogP contribution is -2.08. The predicted octanol–water partition coefficient (Wildman–Crippen LogP) is 4.34. The molecule has 0 aliphatic heterocycles. The van der Waals surface area contributed by atoms with Gasteiger partial charge in [0.1, 0.15) is 0 Å². The van der Waals surface area contributed by atoms with Crippen LogP contribution < -0.4 is 0 Å². The number of nitriles is 1. The number of hydrogen-bond acceptors (Lipinski definition) is 2. The van der Waals surface area contributed by atoms with Crippen LogP contribution in [0.4, 0.5) is 0 Å². The van der Waals surface area contributed by atoms with Crippen molar-refractivity contribution in [3.8, 4) is 6.07 Å². The summed E-state index contributed by atoms with van der Waals surface area (Å²) in [6, 6.07) is 8.88. The average Bonchev–Trinajstić information content (AvgIpc) is 2.23. The molecule has 1 rings (SSSR count). The van der Waals surface area contributed by atoms with Crippen molar-refractivity contribution in [3.63, 3.8) is 0 Å². The molecule has 0 spiro atoms. The molecule has 0 atom stereocenters. The van der Waals surface area contributed by atoms with Crippen molar-refractivity contribution in [1.82, 2.24) is 0 Å². The fourth-order valence-corrected chi connectivity index (χ4v) is 2.56. The van der Waals surface area contributed by atoms with Gasteiger partial charge in [-0.05, 0) is 63.1 Å². The molecule has 1 aromatic carbocycles. The van der Waals surface area contributed by atoms with Gasteiger partial charge in [0.15, 0.2) is 0 Å². The largest absolute Gasteiger partial charge is 0.198 e. The molecule has 0 unspecified atom stereocenters. The number of hydrogen-bond donors (Lipinski definition) is 0. The van der Waals surface area contributed by atoms with Crippen LogP contribution >= 0.6 is 11.8 Å². The Bertz CT molecular complexity index is 402. The molecule has 1 aromatic rings. The van der Waals surface area contributed by atoms with E-state index in [0.29, 0.717) is 0 Å². The molecule has 0 N–H and O–H groups in total. The van der Waals surface area contributed by atoms with Gasteiger partial charge in [0.2, 0.25) is 0 Å². The summed E-state index contributed by atoms with van der Waals surface area (Å²) in [4.78, 5) is 1.30. The van der Waals surface area contributed by atoms with Gasteiger partial charge < -0.3 is 0 Å². The molecule has 0 radical (unpaired) electrons. The minimum atomic E-state index is -0.202. The van der Waals surface area contributed by atoms with Gasteiger partial charge in [-0.15, -0.1) is 11.8 Å². The highest BCUT2D eigenvalue weighted by molar-refractivity contribution is 7.99. The summed E-state index contributed by atoms with van der Waals surface area (Å²) >= 11 is 1.83. The molecule has 16 heavy (non-hydrogen) atoms. The van der Waals surface area contributed by atoms with Crippen LogP contribution in [0.5, 0.6) is 0 Å². The van der Waals surface area contributed by atoms with Gasteiger partial charge in [-0.2, -0.15) is 5.26 Å². The van der Waals surface area contributed by atoms with Crippen molar-refractivity contribution in [2.24, 2.45) is 5.41 Å². The van der Waals surface area contributed by atoms with Gasteiger partial charge in [-0.1, -0.05) is 6.07 Å². The maximum Gasteiger partial charge on any atom is 0.0684 e. The fourth-order valence-electron chi connectivity index (χ4n) is 1.28. The van der Waals surface area contributed by atoms with Crippen LogP contribution in [-0.4, -0.2) is 5.75 Å². The van der Waals surface area contributed by atoms with Gasteiger partial charge in [0, 0.05) is 4.90 Å². The molecule has 0 amide bonds. The Hall–Kier alpha value is -0.940. The zero-order valence-corrected chi connectivity index (χ0v) is 11.3. The molecule has 0 heterocycles. The lowest BCUT2D eigenvalue weighted by molar-refractivity contribution is 0.482. The third kappa shape index (κ3) is 3.90.